The molecule has 12 aromatic rings. The van der Waals surface area contributed by atoms with Gasteiger partial charge in [-0.05, 0) is 29.3 Å². The summed E-state index contributed by atoms with van der Waals surface area (Å²) in [6.07, 6.45) is 0. The van der Waals surface area contributed by atoms with Gasteiger partial charge in [-0.1, -0.05) is 78.9 Å². The van der Waals surface area contributed by atoms with Crippen LogP contribution < -0.4 is 0 Å². The van der Waals surface area contributed by atoms with E-state index in [0.717, 1.165) is 5.69 Å². The molecular formula is C63H43NSe. The van der Waals surface area contributed by atoms with E-state index in [2.05, 4.69) is 243 Å². The first kappa shape index (κ1) is 38.0. The molecule has 65 heavy (non-hydrogen) atoms. The maximum absolute atomic E-state index is 2.46. The summed E-state index contributed by atoms with van der Waals surface area (Å²) in [5.41, 5.74) is 21.4. The van der Waals surface area contributed by atoms with Crippen LogP contribution in [-0.4, -0.2) is 19.1 Å². The van der Waals surface area contributed by atoms with Crippen molar-refractivity contribution in [3.8, 4) is 72.4 Å². The van der Waals surface area contributed by atoms with E-state index < -0.39 is 0 Å². The van der Waals surface area contributed by atoms with Gasteiger partial charge in [0.1, 0.15) is 0 Å². The van der Waals surface area contributed by atoms with E-state index in [1.165, 1.54) is 119 Å². The van der Waals surface area contributed by atoms with Crippen LogP contribution in [0.15, 0.2) is 224 Å². The second-order valence-electron chi connectivity index (χ2n) is 18.1. The van der Waals surface area contributed by atoms with E-state index in [1.54, 1.807) is 0 Å². The van der Waals surface area contributed by atoms with Crippen molar-refractivity contribution in [3.63, 3.8) is 0 Å². The van der Waals surface area contributed by atoms with Gasteiger partial charge in [0.05, 0.1) is 0 Å². The first-order valence-electron chi connectivity index (χ1n) is 22.6. The van der Waals surface area contributed by atoms with Crippen molar-refractivity contribution in [2.75, 3.05) is 0 Å². The number of benzene rings is 10. The molecule has 0 saturated heterocycles. The fourth-order valence-electron chi connectivity index (χ4n) is 10.7. The third-order valence-corrected chi connectivity index (χ3v) is 16.5. The molecule has 0 fully saturated rings. The third kappa shape index (κ3) is 6.13. The van der Waals surface area contributed by atoms with Crippen molar-refractivity contribution in [2.24, 2.45) is 0 Å². The maximum atomic E-state index is 2.46. The van der Waals surface area contributed by atoms with Gasteiger partial charge in [0, 0.05) is 5.69 Å². The molecule has 0 bridgehead atoms. The molecule has 0 radical (unpaired) electrons. The second kappa shape index (κ2) is 14.8. The van der Waals surface area contributed by atoms with Crippen molar-refractivity contribution in [1.29, 1.82) is 0 Å². The van der Waals surface area contributed by atoms with Crippen LogP contribution in [0.4, 0.5) is 0 Å². The van der Waals surface area contributed by atoms with Gasteiger partial charge < -0.3 is 0 Å². The summed E-state index contributed by atoms with van der Waals surface area (Å²) in [6, 6.07) is 83.9. The Morgan fingerprint density at radius 2 is 0.831 bits per heavy atom. The molecule has 0 saturated carbocycles. The minimum atomic E-state index is -0.0906. The number of para-hydroxylation sites is 1. The van der Waals surface area contributed by atoms with Crippen molar-refractivity contribution in [3.05, 3.63) is 236 Å². The van der Waals surface area contributed by atoms with E-state index >= 15 is 0 Å². The molecule has 0 amide bonds. The summed E-state index contributed by atoms with van der Waals surface area (Å²) < 4.78 is 5.35. The standard InChI is InChI=1S/C63H43NSe/c1-63(2)57-24-13-12-21-51(57)52-29-25-45(39-58(52)63)48-34-46(33-47(35-48)44-28-32-61-56(38-44)53-23-14-22-50(62(53)65-61)41-17-8-4-9-18-41)43-27-31-60-55(37-43)54-36-42(40-15-6-3-7-16-40)26-30-59(54)64(60)49-19-10-5-11-20-49/h3-39H,1-2H3. The average molecular weight is 893 g/mol. The number of aromatic nitrogens is 1. The Hall–Kier alpha value is -7.48. The van der Waals surface area contributed by atoms with Gasteiger partial charge in [-0.3, -0.25) is 0 Å². The molecule has 306 valence electrons. The predicted molar refractivity (Wildman–Crippen MR) is 277 cm³/mol. The van der Waals surface area contributed by atoms with Crippen LogP contribution in [0.1, 0.15) is 25.0 Å². The van der Waals surface area contributed by atoms with Gasteiger partial charge in [-0.25, -0.2) is 0 Å². The van der Waals surface area contributed by atoms with Crippen LogP contribution in [-0.2, 0) is 5.41 Å². The fourth-order valence-corrected chi connectivity index (χ4v) is 13.3. The number of fused-ring (bicyclic) bond motifs is 9. The monoisotopic (exact) mass is 893 g/mol. The number of hydrogen-bond acceptors (Lipinski definition) is 0. The number of nitrogens with zero attached hydrogens (tertiary/aromatic N) is 1. The molecule has 0 unspecified atom stereocenters. The SMILES string of the molecule is CC1(C)c2ccccc2-c2ccc(-c3cc(-c4ccc5[se]c6c(-c7ccccc7)cccc6c5c4)cc(-c4ccc5c(c4)c4cc(-c6ccccc6)ccc4n5-c4ccccc4)c3)cc21. The molecule has 1 aliphatic carbocycles. The fraction of sp³-hybridized carbons (Fsp3) is 0.0476. The Morgan fingerprint density at radius 1 is 0.323 bits per heavy atom. The zero-order valence-electron chi connectivity index (χ0n) is 36.2. The van der Waals surface area contributed by atoms with Crippen molar-refractivity contribution >= 4 is 55.6 Å². The molecular weight excluding hydrogens is 850 g/mol. The van der Waals surface area contributed by atoms with Gasteiger partial charge in [0.2, 0.25) is 0 Å². The molecule has 13 rings (SSSR count). The summed E-state index contributed by atoms with van der Waals surface area (Å²) in [4.78, 5) is 0. The van der Waals surface area contributed by atoms with Crippen LogP contribution in [0.2, 0.25) is 0 Å². The topological polar surface area (TPSA) is 4.93 Å². The summed E-state index contributed by atoms with van der Waals surface area (Å²) in [6.45, 7) is 4.75. The Labute approximate surface area is 385 Å². The molecule has 0 N–H and O–H groups in total. The molecule has 0 aliphatic heterocycles. The first-order chi connectivity index (χ1) is 32.0. The third-order valence-electron chi connectivity index (χ3n) is 14.0. The normalized spacial score (nSPS) is 12.9. The Balaban J connectivity index is 1.02. The predicted octanol–water partition coefficient (Wildman–Crippen LogP) is 16.8. The van der Waals surface area contributed by atoms with Crippen molar-refractivity contribution in [1.82, 2.24) is 4.57 Å². The molecule has 0 atom stereocenters. The molecule has 1 nitrogen and oxygen atoms in total. The molecule has 0 spiro atoms. The van der Waals surface area contributed by atoms with Crippen LogP contribution >= 0.6 is 0 Å². The number of rotatable bonds is 6. The van der Waals surface area contributed by atoms with Gasteiger partial charge in [-0.2, -0.15) is 0 Å². The van der Waals surface area contributed by atoms with E-state index in [0.29, 0.717) is 0 Å². The minimum absolute atomic E-state index is 0.0906. The van der Waals surface area contributed by atoms with Crippen molar-refractivity contribution in [2.45, 2.75) is 19.3 Å². The molecule has 2 heteroatoms. The average Bonchev–Trinajstić information content (AvgIpc) is 3.99. The first-order valence-corrected chi connectivity index (χ1v) is 24.3. The summed E-state index contributed by atoms with van der Waals surface area (Å²) in [7, 11) is 0. The number of hydrogen-bond donors (Lipinski definition) is 0. The summed E-state index contributed by atoms with van der Waals surface area (Å²) in [5, 5.41) is 5.23. The quantitative estimate of drug-likeness (QED) is 0.147. The van der Waals surface area contributed by atoms with Gasteiger partial charge in [0.15, 0.2) is 0 Å². The van der Waals surface area contributed by atoms with Crippen LogP contribution in [0, 0.1) is 0 Å². The Kier molecular flexibility index (Phi) is 8.65. The van der Waals surface area contributed by atoms with Crippen LogP contribution in [0.25, 0.3) is 114 Å². The molecule has 2 aromatic heterocycles. The van der Waals surface area contributed by atoms with E-state index in [4.69, 9.17) is 0 Å². The summed E-state index contributed by atoms with van der Waals surface area (Å²) >= 11 is 0.228. The van der Waals surface area contributed by atoms with Crippen molar-refractivity contribution < 1.29 is 0 Å². The second-order valence-corrected chi connectivity index (χ2v) is 20.3. The Morgan fingerprint density at radius 3 is 1.51 bits per heavy atom. The van der Waals surface area contributed by atoms with E-state index in [9.17, 15) is 0 Å². The van der Waals surface area contributed by atoms with E-state index in [1.807, 2.05) is 0 Å². The van der Waals surface area contributed by atoms with Gasteiger partial charge >= 0.3 is 274 Å². The van der Waals surface area contributed by atoms with Crippen LogP contribution in [0.3, 0.4) is 0 Å². The molecule has 10 aromatic carbocycles. The van der Waals surface area contributed by atoms with E-state index in [-0.39, 0.29) is 19.9 Å². The summed E-state index contributed by atoms with van der Waals surface area (Å²) in [5.74, 6) is 0. The van der Waals surface area contributed by atoms with Crippen LogP contribution in [0.5, 0.6) is 0 Å². The molecule has 2 heterocycles. The zero-order valence-corrected chi connectivity index (χ0v) is 37.9. The van der Waals surface area contributed by atoms with Gasteiger partial charge in [0.25, 0.3) is 0 Å². The zero-order chi connectivity index (χ0) is 43.2. The molecule has 1 aliphatic rings. The van der Waals surface area contributed by atoms with Gasteiger partial charge in [-0.15, -0.1) is 0 Å². The Bertz CT molecular complexity index is 3830.